The summed E-state index contributed by atoms with van der Waals surface area (Å²) in [5.41, 5.74) is 5.67. The number of hydrogen-bond donors (Lipinski definition) is 3. The molecular formula is C15H24N5O4P. The van der Waals surface area contributed by atoms with E-state index in [2.05, 4.69) is 34.6 Å². The number of anilines is 1. The van der Waals surface area contributed by atoms with E-state index in [-0.39, 0.29) is 17.6 Å². The Morgan fingerprint density at radius 1 is 1.56 bits per heavy atom. The first-order valence-corrected chi connectivity index (χ1v) is 11.0. The van der Waals surface area contributed by atoms with Crippen LogP contribution in [0.1, 0.15) is 12.6 Å². The van der Waals surface area contributed by atoms with Gasteiger partial charge < -0.3 is 20.3 Å². The summed E-state index contributed by atoms with van der Waals surface area (Å²) >= 11 is 0. The van der Waals surface area contributed by atoms with Crippen molar-refractivity contribution in [1.29, 1.82) is 0 Å². The van der Waals surface area contributed by atoms with Gasteiger partial charge in [0, 0.05) is 7.11 Å². The molecule has 4 N–H and O–H groups in total. The number of hydrogen-bond acceptors (Lipinski definition) is 7. The Bertz CT molecular complexity index is 872. The zero-order chi connectivity index (χ0) is 18.4. The van der Waals surface area contributed by atoms with Crippen LogP contribution in [0.2, 0.25) is 0 Å². The van der Waals surface area contributed by atoms with Gasteiger partial charge in [0.2, 0.25) is 5.95 Å². The van der Waals surface area contributed by atoms with Gasteiger partial charge in [-0.3, -0.25) is 14.3 Å². The van der Waals surface area contributed by atoms with Gasteiger partial charge in [0.05, 0.1) is 12.4 Å². The minimum Gasteiger partial charge on any atom is -0.388 e. The number of nitrogens with one attached hydrogen (secondary N) is 1. The van der Waals surface area contributed by atoms with E-state index in [1.807, 2.05) is 0 Å². The Labute approximate surface area is 145 Å². The Morgan fingerprint density at radius 3 is 2.92 bits per heavy atom. The van der Waals surface area contributed by atoms with Gasteiger partial charge in [-0.1, -0.05) is 0 Å². The molecule has 4 atom stereocenters. The monoisotopic (exact) mass is 369 g/mol. The number of fused-ring (bicyclic) bond motifs is 1. The van der Waals surface area contributed by atoms with Crippen LogP contribution in [0.3, 0.4) is 0 Å². The zero-order valence-electron chi connectivity index (χ0n) is 14.5. The van der Waals surface area contributed by atoms with E-state index in [0.717, 1.165) is 6.16 Å². The van der Waals surface area contributed by atoms with Crippen LogP contribution in [-0.4, -0.2) is 75.8 Å². The van der Waals surface area contributed by atoms with E-state index in [1.54, 1.807) is 4.57 Å². The normalized spacial score (nSPS) is 27.2. The molecule has 2 unspecified atom stereocenters. The molecule has 9 nitrogen and oxygen atoms in total. The molecule has 0 amide bonds. The molecule has 0 radical (unpaired) electrons. The van der Waals surface area contributed by atoms with Crippen molar-refractivity contribution < 1.29 is 14.6 Å². The molecule has 1 aliphatic rings. The lowest BCUT2D eigenvalue weighted by Gasteiger charge is -2.19. The number of aromatic nitrogens is 4. The number of aliphatic hydroxyl groups excluding tert-OH is 1. The number of ether oxygens (including phenoxy) is 2. The summed E-state index contributed by atoms with van der Waals surface area (Å²) in [6.45, 7) is 3.05. The van der Waals surface area contributed by atoms with Crippen molar-refractivity contribution in [2.24, 2.45) is 0 Å². The third kappa shape index (κ3) is 3.50. The van der Waals surface area contributed by atoms with Crippen LogP contribution in [0.15, 0.2) is 11.1 Å². The van der Waals surface area contributed by atoms with Crippen LogP contribution >= 0.6 is 6.89 Å². The first-order valence-electron chi connectivity index (χ1n) is 7.97. The average Bonchev–Trinajstić information content (AvgIpc) is 3.05. The van der Waals surface area contributed by atoms with E-state index < -0.39 is 30.9 Å². The topological polar surface area (TPSA) is 128 Å². The maximum absolute atomic E-state index is 11.9. The zero-order valence-corrected chi connectivity index (χ0v) is 15.4. The van der Waals surface area contributed by atoms with Gasteiger partial charge >= 0.3 is 0 Å². The Morgan fingerprint density at radius 2 is 2.28 bits per heavy atom. The van der Waals surface area contributed by atoms with Crippen molar-refractivity contribution in [3.63, 3.8) is 0 Å². The Balaban J connectivity index is 1.94. The van der Waals surface area contributed by atoms with Gasteiger partial charge in [-0.25, -0.2) is 4.98 Å². The number of rotatable bonds is 5. The lowest BCUT2D eigenvalue weighted by atomic mass is 10.1. The lowest BCUT2D eigenvalue weighted by Crippen LogP contribution is -2.33. The van der Waals surface area contributed by atoms with E-state index in [0.29, 0.717) is 12.1 Å². The first kappa shape index (κ1) is 18.1. The molecule has 2 aromatic heterocycles. The number of imidazole rings is 1. The molecule has 0 spiro atoms. The molecule has 0 aliphatic carbocycles. The minimum absolute atomic E-state index is 0.00748. The van der Waals surface area contributed by atoms with Gasteiger partial charge in [0.1, 0.15) is 12.2 Å². The summed E-state index contributed by atoms with van der Waals surface area (Å²) in [4.78, 5) is 22.6. The van der Waals surface area contributed by atoms with Crippen molar-refractivity contribution >= 4 is 30.3 Å². The molecule has 10 heteroatoms. The lowest BCUT2D eigenvalue weighted by molar-refractivity contribution is -0.0496. The first-order chi connectivity index (χ1) is 11.7. The second-order valence-electron chi connectivity index (χ2n) is 6.98. The summed E-state index contributed by atoms with van der Waals surface area (Å²) in [5.74, 6) is -0.00748. The predicted octanol–water partition coefficient (Wildman–Crippen LogP) is 0.0744. The van der Waals surface area contributed by atoms with Gasteiger partial charge in [-0.15, -0.1) is 13.2 Å². The Hall–Kier alpha value is -1.67. The van der Waals surface area contributed by atoms with Crippen molar-refractivity contribution in [2.75, 3.05) is 32.3 Å². The van der Waals surface area contributed by atoms with Crippen LogP contribution in [0.25, 0.3) is 11.2 Å². The number of aliphatic hydroxyl groups is 1. The number of H-pyrrole nitrogens is 1. The molecule has 1 aliphatic heterocycles. The molecule has 25 heavy (non-hydrogen) atoms. The molecule has 1 saturated heterocycles. The van der Waals surface area contributed by atoms with Crippen LogP contribution < -0.4 is 11.3 Å². The standard InChI is InChI=1S/C15H24N5O4P/c1-23-11-10(21)8(5-6-25(2,3)4)24-14(11)20-7-17-9-12(20)18-15(16)19-13(9)22/h7-8,10-11,14,21H,2,5-6H2,1,3-4H3,(H3,16,18,19,22)/t8?,10-,11-,14?/m1/s1. The van der Waals surface area contributed by atoms with Gasteiger partial charge in [-0.05, 0) is 25.9 Å². The van der Waals surface area contributed by atoms with Crippen LogP contribution in [0, 0.1) is 0 Å². The fraction of sp³-hybridized carbons (Fsp3) is 0.600. The van der Waals surface area contributed by atoms with E-state index in [1.165, 1.54) is 13.4 Å². The third-order valence-electron chi connectivity index (χ3n) is 4.33. The number of nitrogens with zero attached hydrogens (tertiary/aromatic N) is 3. The molecule has 0 saturated carbocycles. The second kappa shape index (κ2) is 6.57. The highest BCUT2D eigenvalue weighted by Crippen LogP contribution is 2.40. The summed E-state index contributed by atoms with van der Waals surface area (Å²) in [5, 5.41) is 10.6. The van der Waals surface area contributed by atoms with Crippen molar-refractivity contribution in [3.8, 4) is 0 Å². The smallest absolute Gasteiger partial charge is 0.280 e. The molecule has 3 heterocycles. The van der Waals surface area contributed by atoms with Gasteiger partial charge in [-0.2, -0.15) is 4.98 Å². The summed E-state index contributed by atoms with van der Waals surface area (Å²) in [7, 11) is 1.51. The molecule has 3 rings (SSSR count). The van der Waals surface area contributed by atoms with E-state index in [9.17, 15) is 9.90 Å². The number of nitrogens with two attached hydrogens (primary N) is 1. The van der Waals surface area contributed by atoms with Crippen LogP contribution in [0.5, 0.6) is 0 Å². The molecule has 2 aromatic rings. The molecule has 138 valence electrons. The highest BCUT2D eigenvalue weighted by molar-refractivity contribution is 7.72. The molecule has 1 fully saturated rings. The quantitative estimate of drug-likeness (QED) is 0.637. The average molecular weight is 369 g/mol. The van der Waals surface area contributed by atoms with Crippen LogP contribution in [0.4, 0.5) is 5.95 Å². The van der Waals surface area contributed by atoms with Gasteiger partial charge in [0.25, 0.3) is 5.56 Å². The largest absolute Gasteiger partial charge is 0.388 e. The summed E-state index contributed by atoms with van der Waals surface area (Å²) < 4.78 is 13.1. The maximum atomic E-state index is 11.9. The van der Waals surface area contributed by atoms with E-state index in [4.69, 9.17) is 15.2 Å². The third-order valence-corrected chi connectivity index (χ3v) is 5.80. The highest BCUT2D eigenvalue weighted by Gasteiger charge is 2.45. The fourth-order valence-electron chi connectivity index (χ4n) is 3.04. The predicted molar refractivity (Wildman–Crippen MR) is 98.6 cm³/mol. The molecule has 0 aromatic carbocycles. The number of aromatic amines is 1. The van der Waals surface area contributed by atoms with Crippen molar-refractivity contribution in [1.82, 2.24) is 19.5 Å². The number of methoxy groups -OCH3 is 1. The SMILES string of the molecule is C=P(C)(C)CCC1OC(n2cnc3c(=O)[nH]c(N)nc32)[C@H](OC)[C@@H]1O. The van der Waals surface area contributed by atoms with Crippen molar-refractivity contribution in [3.05, 3.63) is 16.7 Å². The van der Waals surface area contributed by atoms with Crippen LogP contribution in [-0.2, 0) is 9.47 Å². The number of nitrogen functional groups attached to an aromatic ring is 1. The van der Waals surface area contributed by atoms with Gasteiger partial charge in [0.15, 0.2) is 17.4 Å². The molecule has 0 bridgehead atoms. The summed E-state index contributed by atoms with van der Waals surface area (Å²) in [6, 6.07) is 0. The fourth-order valence-corrected chi connectivity index (χ4v) is 4.00. The van der Waals surface area contributed by atoms with E-state index >= 15 is 0 Å². The highest BCUT2D eigenvalue weighted by atomic mass is 31.2. The second-order valence-corrected chi connectivity index (χ2v) is 11.3. The summed E-state index contributed by atoms with van der Waals surface area (Å²) in [6.07, 6.45) is 4.81. The Kier molecular flexibility index (Phi) is 4.76. The molecular weight excluding hydrogens is 345 g/mol. The minimum atomic E-state index is -1.23. The maximum Gasteiger partial charge on any atom is 0.280 e. The van der Waals surface area contributed by atoms with Crippen molar-refractivity contribution in [2.45, 2.75) is 31.0 Å².